The third kappa shape index (κ3) is 10.2. The molecule has 0 aromatic heterocycles. The summed E-state index contributed by atoms with van der Waals surface area (Å²) in [4.78, 5) is 36.0. The summed E-state index contributed by atoms with van der Waals surface area (Å²) >= 11 is 0. The molecular formula is C26H33N3O6. The second kappa shape index (κ2) is 13.0. The summed E-state index contributed by atoms with van der Waals surface area (Å²) in [5.74, 6) is -1.14. The van der Waals surface area contributed by atoms with E-state index in [0.29, 0.717) is 12.1 Å². The first-order chi connectivity index (χ1) is 16.6. The highest BCUT2D eigenvalue weighted by atomic mass is 16.6. The Kier molecular flexibility index (Phi) is 10.1. The van der Waals surface area contributed by atoms with Gasteiger partial charge in [-0.05, 0) is 50.5 Å². The van der Waals surface area contributed by atoms with E-state index in [1.165, 1.54) is 0 Å². The number of anilines is 1. The van der Waals surface area contributed by atoms with Gasteiger partial charge in [-0.3, -0.25) is 0 Å². The predicted molar refractivity (Wildman–Crippen MR) is 133 cm³/mol. The molecule has 0 saturated carbocycles. The molecule has 0 aliphatic carbocycles. The Morgan fingerprint density at radius 3 is 2.40 bits per heavy atom. The molecule has 0 radical (unpaired) electrons. The van der Waals surface area contributed by atoms with E-state index in [0.717, 1.165) is 11.1 Å². The zero-order chi connectivity index (χ0) is 25.8. The Labute approximate surface area is 205 Å². The lowest BCUT2D eigenvalue weighted by Gasteiger charge is -2.22. The molecule has 188 valence electrons. The van der Waals surface area contributed by atoms with Crippen LogP contribution in [0.5, 0.6) is 0 Å². The summed E-state index contributed by atoms with van der Waals surface area (Å²) in [6.45, 7) is 8.86. The smallest absolute Gasteiger partial charge is 0.407 e. The van der Waals surface area contributed by atoms with E-state index in [2.05, 4.69) is 22.5 Å². The molecule has 0 bridgehead atoms. The molecule has 4 N–H and O–H groups in total. The lowest BCUT2D eigenvalue weighted by Crippen LogP contribution is -2.43. The number of rotatable bonds is 11. The normalized spacial score (nSPS) is 12.5. The van der Waals surface area contributed by atoms with Crippen molar-refractivity contribution in [3.05, 3.63) is 78.4 Å². The lowest BCUT2D eigenvalue weighted by atomic mass is 10.0. The van der Waals surface area contributed by atoms with E-state index >= 15 is 0 Å². The maximum atomic E-state index is 12.4. The van der Waals surface area contributed by atoms with Crippen molar-refractivity contribution in [3.8, 4) is 0 Å². The van der Waals surface area contributed by atoms with Crippen molar-refractivity contribution < 1.29 is 29.0 Å². The fourth-order valence-electron chi connectivity index (χ4n) is 3.10. The molecule has 2 aromatic rings. The lowest BCUT2D eigenvalue weighted by molar-refractivity contribution is -0.137. The summed E-state index contributed by atoms with van der Waals surface area (Å²) in [6.07, 6.45) is 0.826. The maximum absolute atomic E-state index is 12.4. The Morgan fingerprint density at radius 2 is 1.77 bits per heavy atom. The van der Waals surface area contributed by atoms with Gasteiger partial charge in [-0.2, -0.15) is 0 Å². The van der Waals surface area contributed by atoms with E-state index in [9.17, 15) is 19.5 Å². The minimum Gasteiger partial charge on any atom is -0.480 e. The fraction of sp³-hybridized carbons (Fsp3) is 0.346. The van der Waals surface area contributed by atoms with Gasteiger partial charge in [-0.1, -0.05) is 48.5 Å². The van der Waals surface area contributed by atoms with Gasteiger partial charge in [0.05, 0.1) is 12.6 Å². The number of aliphatic carboxylic acids is 1. The molecule has 2 aromatic carbocycles. The van der Waals surface area contributed by atoms with Crippen LogP contribution in [0.1, 0.15) is 44.4 Å². The molecule has 2 rings (SSSR count). The van der Waals surface area contributed by atoms with Gasteiger partial charge in [-0.15, -0.1) is 6.58 Å². The van der Waals surface area contributed by atoms with E-state index in [1.54, 1.807) is 45.0 Å². The first-order valence-corrected chi connectivity index (χ1v) is 11.2. The molecule has 0 aliphatic heterocycles. The van der Waals surface area contributed by atoms with E-state index < -0.39 is 35.8 Å². The number of amides is 2. The Hall–Kier alpha value is -4.01. The topological polar surface area (TPSA) is 126 Å². The average molecular weight is 484 g/mol. The molecule has 0 aliphatic rings. The molecule has 0 saturated heterocycles. The zero-order valence-electron chi connectivity index (χ0n) is 20.2. The number of ether oxygens (including phenoxy) is 2. The van der Waals surface area contributed by atoms with E-state index in [-0.39, 0.29) is 13.2 Å². The number of alkyl carbamates (subject to hydrolysis) is 2. The summed E-state index contributed by atoms with van der Waals surface area (Å²) in [6, 6.07) is 14.8. The highest BCUT2D eigenvalue weighted by Crippen LogP contribution is 2.22. The van der Waals surface area contributed by atoms with Gasteiger partial charge in [0, 0.05) is 5.69 Å². The van der Waals surface area contributed by atoms with Crippen LogP contribution in [-0.2, 0) is 20.9 Å². The summed E-state index contributed by atoms with van der Waals surface area (Å²) < 4.78 is 10.5. The van der Waals surface area contributed by atoms with E-state index in [4.69, 9.17) is 9.47 Å². The highest BCUT2D eigenvalue weighted by molar-refractivity contribution is 5.79. The quantitative estimate of drug-likeness (QED) is 0.344. The summed E-state index contributed by atoms with van der Waals surface area (Å²) in [5.41, 5.74) is 1.42. The Bertz CT molecular complexity index is 1000. The Morgan fingerprint density at radius 1 is 1.06 bits per heavy atom. The van der Waals surface area contributed by atoms with Gasteiger partial charge in [-0.25, -0.2) is 14.4 Å². The van der Waals surface area contributed by atoms with Crippen LogP contribution in [0.3, 0.4) is 0 Å². The number of benzene rings is 2. The molecule has 2 atom stereocenters. The van der Waals surface area contributed by atoms with Gasteiger partial charge in [0.2, 0.25) is 0 Å². The molecular weight excluding hydrogens is 450 g/mol. The van der Waals surface area contributed by atoms with E-state index in [1.807, 2.05) is 36.4 Å². The monoisotopic (exact) mass is 483 g/mol. The molecule has 35 heavy (non-hydrogen) atoms. The number of carbonyl (C=O) groups is 3. The first-order valence-electron chi connectivity index (χ1n) is 11.2. The van der Waals surface area contributed by atoms with Crippen molar-refractivity contribution in [2.24, 2.45) is 0 Å². The van der Waals surface area contributed by atoms with Gasteiger partial charge in [0.1, 0.15) is 18.2 Å². The standard InChI is InChI=1S/C26H33N3O6/c1-5-10-21(29-25(33)34-17-18-11-7-6-8-12-18)19-13-9-14-20(15-19)28-22(23(30)31)16-27-24(32)35-26(2,3)4/h5-9,11-15,21-22,28H,1,10,16-17H2,2-4H3,(H,27,32)(H,29,33)(H,30,31)/t21-,22+/m0/s1. The third-order valence-corrected chi connectivity index (χ3v) is 4.68. The number of carboxylic acids is 1. The maximum Gasteiger partial charge on any atom is 0.407 e. The molecule has 2 amide bonds. The molecule has 0 spiro atoms. The number of hydrogen-bond donors (Lipinski definition) is 4. The third-order valence-electron chi connectivity index (χ3n) is 4.68. The van der Waals surface area contributed by atoms with Crippen molar-refractivity contribution in [1.82, 2.24) is 10.6 Å². The molecule has 9 heteroatoms. The van der Waals surface area contributed by atoms with Crippen LogP contribution in [0, 0.1) is 0 Å². The Balaban J connectivity index is 2.02. The molecule has 0 heterocycles. The highest BCUT2D eigenvalue weighted by Gasteiger charge is 2.22. The van der Waals surface area contributed by atoms with Crippen LogP contribution in [-0.4, -0.2) is 41.4 Å². The fourth-order valence-corrected chi connectivity index (χ4v) is 3.10. The number of carbonyl (C=O) groups excluding carboxylic acids is 2. The van der Waals surface area contributed by atoms with Gasteiger partial charge >= 0.3 is 18.2 Å². The number of nitrogens with one attached hydrogen (secondary N) is 3. The molecule has 0 unspecified atom stereocenters. The molecule has 0 fully saturated rings. The van der Waals surface area contributed by atoms with Crippen molar-refractivity contribution in [1.29, 1.82) is 0 Å². The van der Waals surface area contributed by atoms with Crippen molar-refractivity contribution in [3.63, 3.8) is 0 Å². The van der Waals surface area contributed by atoms with Crippen LogP contribution >= 0.6 is 0 Å². The van der Waals surface area contributed by atoms with Crippen LogP contribution < -0.4 is 16.0 Å². The second-order valence-electron chi connectivity index (χ2n) is 8.83. The largest absolute Gasteiger partial charge is 0.480 e. The number of carboxylic acid groups (broad SMARTS) is 1. The second-order valence-corrected chi connectivity index (χ2v) is 8.83. The SMILES string of the molecule is C=CC[C@H](NC(=O)OCc1ccccc1)c1cccc(N[C@H](CNC(=O)OC(C)(C)C)C(=O)O)c1. The van der Waals surface area contributed by atoms with Crippen LogP contribution in [0.25, 0.3) is 0 Å². The van der Waals surface area contributed by atoms with Crippen molar-refractivity contribution in [2.75, 3.05) is 11.9 Å². The van der Waals surface area contributed by atoms with Crippen molar-refractivity contribution >= 4 is 23.8 Å². The first kappa shape index (κ1) is 27.2. The minimum atomic E-state index is -1.14. The van der Waals surface area contributed by atoms with Gasteiger partial charge in [0.25, 0.3) is 0 Å². The summed E-state index contributed by atoms with van der Waals surface area (Å²) in [7, 11) is 0. The number of hydrogen-bond acceptors (Lipinski definition) is 6. The average Bonchev–Trinajstić information content (AvgIpc) is 2.79. The summed E-state index contributed by atoms with van der Waals surface area (Å²) in [5, 5.41) is 17.7. The van der Waals surface area contributed by atoms with Crippen molar-refractivity contribution in [2.45, 2.75) is 51.5 Å². The van der Waals surface area contributed by atoms with Crippen LogP contribution in [0.4, 0.5) is 15.3 Å². The minimum absolute atomic E-state index is 0.139. The van der Waals surface area contributed by atoms with Gasteiger partial charge in [0.15, 0.2) is 0 Å². The van der Waals surface area contributed by atoms with Crippen LogP contribution in [0.15, 0.2) is 67.3 Å². The molecule has 9 nitrogen and oxygen atoms in total. The van der Waals surface area contributed by atoms with Gasteiger partial charge < -0.3 is 30.5 Å². The van der Waals surface area contributed by atoms with Crippen LogP contribution in [0.2, 0.25) is 0 Å². The zero-order valence-corrected chi connectivity index (χ0v) is 20.2. The predicted octanol–water partition coefficient (Wildman–Crippen LogP) is 4.62.